The molecule has 0 aliphatic heterocycles. The molecular formula is C10H18N3O2+. The largest absolute Gasteiger partial charge is 0.477 e. The van der Waals surface area contributed by atoms with Gasteiger partial charge in [0.05, 0.1) is 33.9 Å². The normalized spacial score (nSPS) is 16.0. The second-order valence-electron chi connectivity index (χ2n) is 4.85. The molecule has 0 saturated heterocycles. The highest BCUT2D eigenvalue weighted by atomic mass is 16.4. The summed E-state index contributed by atoms with van der Waals surface area (Å²) in [7, 11) is 5.64. The summed E-state index contributed by atoms with van der Waals surface area (Å²) < 4.78 is 0.362. The average Bonchev–Trinajstić information content (AvgIpc) is 2.54. The highest BCUT2D eigenvalue weighted by Gasteiger charge is 2.46. The SMILES string of the molecule is CC(Cc1cnc[nH]1)(C(=O)O)[N+](C)(C)C. The van der Waals surface area contributed by atoms with E-state index in [0.29, 0.717) is 10.9 Å². The van der Waals surface area contributed by atoms with Crippen LogP contribution in [0.2, 0.25) is 0 Å². The van der Waals surface area contributed by atoms with E-state index in [2.05, 4.69) is 9.97 Å². The number of rotatable bonds is 4. The number of aromatic amines is 1. The number of aliphatic carboxylic acids is 1. The van der Waals surface area contributed by atoms with Gasteiger partial charge in [-0.05, 0) is 0 Å². The molecular weight excluding hydrogens is 194 g/mol. The van der Waals surface area contributed by atoms with Crippen LogP contribution in [0.5, 0.6) is 0 Å². The first kappa shape index (κ1) is 11.7. The number of hydrogen-bond donors (Lipinski definition) is 2. The van der Waals surface area contributed by atoms with Crippen molar-refractivity contribution in [2.45, 2.75) is 18.9 Å². The van der Waals surface area contributed by atoms with Gasteiger partial charge < -0.3 is 14.6 Å². The quantitative estimate of drug-likeness (QED) is 0.714. The summed E-state index contributed by atoms with van der Waals surface area (Å²) in [5, 5.41) is 9.32. The molecule has 0 fully saturated rings. The Morgan fingerprint density at radius 2 is 2.20 bits per heavy atom. The molecule has 0 amide bonds. The highest BCUT2D eigenvalue weighted by molar-refractivity contribution is 5.77. The van der Waals surface area contributed by atoms with Gasteiger partial charge in [-0.25, -0.2) is 9.78 Å². The smallest absolute Gasteiger partial charge is 0.365 e. The number of H-pyrrole nitrogens is 1. The molecule has 5 heteroatoms. The molecule has 1 heterocycles. The molecule has 1 aromatic heterocycles. The van der Waals surface area contributed by atoms with E-state index in [1.807, 2.05) is 21.1 Å². The van der Waals surface area contributed by atoms with E-state index in [1.165, 1.54) is 0 Å². The fourth-order valence-corrected chi connectivity index (χ4v) is 1.35. The van der Waals surface area contributed by atoms with E-state index >= 15 is 0 Å². The first-order valence-electron chi connectivity index (χ1n) is 4.79. The molecule has 1 atom stereocenters. The zero-order chi connectivity index (χ0) is 11.7. The fraction of sp³-hybridized carbons (Fsp3) is 0.600. The Kier molecular flexibility index (Phi) is 2.86. The topological polar surface area (TPSA) is 66.0 Å². The zero-order valence-corrected chi connectivity index (χ0v) is 9.61. The van der Waals surface area contributed by atoms with Crippen molar-refractivity contribution in [3.63, 3.8) is 0 Å². The van der Waals surface area contributed by atoms with Gasteiger partial charge in [-0.1, -0.05) is 0 Å². The van der Waals surface area contributed by atoms with Crippen molar-refractivity contribution < 1.29 is 14.4 Å². The Morgan fingerprint density at radius 1 is 1.60 bits per heavy atom. The molecule has 0 spiro atoms. The molecule has 0 aliphatic carbocycles. The van der Waals surface area contributed by atoms with Crippen LogP contribution in [0, 0.1) is 0 Å². The number of quaternary nitrogens is 1. The first-order chi connectivity index (χ1) is 6.77. The predicted octanol–water partition coefficient (Wildman–Crippen LogP) is 0.502. The van der Waals surface area contributed by atoms with Gasteiger partial charge in [0.2, 0.25) is 0 Å². The first-order valence-corrected chi connectivity index (χ1v) is 4.79. The van der Waals surface area contributed by atoms with Crippen molar-refractivity contribution >= 4 is 5.97 Å². The maximum absolute atomic E-state index is 11.3. The molecule has 0 aromatic carbocycles. The minimum atomic E-state index is -0.855. The van der Waals surface area contributed by atoms with Crippen LogP contribution >= 0.6 is 0 Å². The molecule has 2 N–H and O–H groups in total. The number of nitrogens with one attached hydrogen (secondary N) is 1. The molecule has 0 saturated carbocycles. The third-order valence-corrected chi connectivity index (χ3v) is 3.03. The van der Waals surface area contributed by atoms with E-state index in [-0.39, 0.29) is 0 Å². The molecule has 1 aromatic rings. The molecule has 0 radical (unpaired) electrons. The summed E-state index contributed by atoms with van der Waals surface area (Å²) in [6.45, 7) is 1.75. The van der Waals surface area contributed by atoms with Crippen molar-refractivity contribution in [1.29, 1.82) is 0 Å². The number of aromatic nitrogens is 2. The molecule has 1 rings (SSSR count). The van der Waals surface area contributed by atoms with Crippen LogP contribution in [0.3, 0.4) is 0 Å². The standard InChI is InChI=1S/C10H17N3O2/c1-10(9(14)15,13(2,3)4)5-8-6-11-7-12-8/h6-7H,5H2,1-4H3,(H-,11,12,14,15)/p+1. The lowest BCUT2D eigenvalue weighted by Gasteiger charge is -2.40. The number of carboxylic acid groups (broad SMARTS) is 1. The summed E-state index contributed by atoms with van der Waals surface area (Å²) in [6, 6.07) is 0. The van der Waals surface area contributed by atoms with Gasteiger partial charge in [-0.2, -0.15) is 0 Å². The van der Waals surface area contributed by atoms with Crippen molar-refractivity contribution in [3.8, 4) is 0 Å². The van der Waals surface area contributed by atoms with Crippen molar-refractivity contribution in [2.75, 3.05) is 21.1 Å². The van der Waals surface area contributed by atoms with E-state index in [9.17, 15) is 9.90 Å². The van der Waals surface area contributed by atoms with Crippen LogP contribution in [0.15, 0.2) is 12.5 Å². The van der Waals surface area contributed by atoms with Gasteiger partial charge in [0, 0.05) is 18.8 Å². The summed E-state index contributed by atoms with van der Waals surface area (Å²) >= 11 is 0. The van der Waals surface area contributed by atoms with Crippen molar-refractivity contribution in [3.05, 3.63) is 18.2 Å². The summed E-state index contributed by atoms with van der Waals surface area (Å²) in [5.74, 6) is -0.801. The predicted molar refractivity (Wildman–Crippen MR) is 56.4 cm³/mol. The van der Waals surface area contributed by atoms with Gasteiger partial charge >= 0.3 is 5.97 Å². The Bertz CT molecular complexity index is 340. The van der Waals surface area contributed by atoms with Crippen LogP contribution in [0.1, 0.15) is 12.6 Å². The van der Waals surface area contributed by atoms with Gasteiger partial charge in [0.1, 0.15) is 0 Å². The van der Waals surface area contributed by atoms with Gasteiger partial charge in [-0.15, -0.1) is 0 Å². The molecule has 5 nitrogen and oxygen atoms in total. The maximum atomic E-state index is 11.3. The Morgan fingerprint density at radius 3 is 2.53 bits per heavy atom. The summed E-state index contributed by atoms with van der Waals surface area (Å²) in [6.07, 6.45) is 3.66. The van der Waals surface area contributed by atoms with Gasteiger partial charge in [-0.3, -0.25) is 0 Å². The Hall–Kier alpha value is -1.36. The molecule has 15 heavy (non-hydrogen) atoms. The summed E-state index contributed by atoms with van der Waals surface area (Å²) in [4.78, 5) is 18.2. The molecule has 84 valence electrons. The third kappa shape index (κ3) is 2.18. The number of nitrogens with zero attached hydrogens (tertiary/aromatic N) is 2. The monoisotopic (exact) mass is 212 g/mol. The zero-order valence-electron chi connectivity index (χ0n) is 9.61. The Labute approximate surface area is 89.3 Å². The molecule has 1 unspecified atom stereocenters. The van der Waals surface area contributed by atoms with Crippen LogP contribution in [0.25, 0.3) is 0 Å². The lowest BCUT2D eigenvalue weighted by molar-refractivity contribution is -0.911. The van der Waals surface area contributed by atoms with Crippen LogP contribution in [-0.2, 0) is 11.2 Å². The molecule has 0 bridgehead atoms. The molecule has 0 aliphatic rings. The van der Waals surface area contributed by atoms with Crippen molar-refractivity contribution in [2.24, 2.45) is 0 Å². The van der Waals surface area contributed by atoms with Crippen LogP contribution < -0.4 is 0 Å². The number of hydrogen-bond acceptors (Lipinski definition) is 2. The minimum absolute atomic E-state index is 0.362. The van der Waals surface area contributed by atoms with Crippen molar-refractivity contribution in [1.82, 2.24) is 9.97 Å². The lowest BCUT2D eigenvalue weighted by Crippen LogP contribution is -2.61. The average molecular weight is 212 g/mol. The lowest BCUT2D eigenvalue weighted by atomic mass is 9.92. The number of imidazole rings is 1. The highest BCUT2D eigenvalue weighted by Crippen LogP contribution is 2.23. The van der Waals surface area contributed by atoms with Gasteiger partial charge in [0.15, 0.2) is 5.54 Å². The second kappa shape index (κ2) is 3.66. The number of carboxylic acids is 1. The van der Waals surface area contributed by atoms with E-state index in [4.69, 9.17) is 0 Å². The third-order valence-electron chi connectivity index (χ3n) is 3.03. The van der Waals surface area contributed by atoms with Gasteiger partial charge in [0.25, 0.3) is 0 Å². The fourth-order valence-electron chi connectivity index (χ4n) is 1.35. The number of carbonyl (C=O) groups is 1. The maximum Gasteiger partial charge on any atom is 0.365 e. The minimum Gasteiger partial charge on any atom is -0.477 e. The van der Waals surface area contributed by atoms with Crippen LogP contribution in [0.4, 0.5) is 0 Å². The number of likely N-dealkylation sites (N-methyl/N-ethyl adjacent to an activating group) is 1. The van der Waals surface area contributed by atoms with E-state index < -0.39 is 11.5 Å². The summed E-state index contributed by atoms with van der Waals surface area (Å²) in [5.41, 5.74) is -0.0139. The van der Waals surface area contributed by atoms with E-state index in [1.54, 1.807) is 19.4 Å². The second-order valence-corrected chi connectivity index (χ2v) is 4.85. The van der Waals surface area contributed by atoms with E-state index in [0.717, 1.165) is 5.69 Å². The Balaban J connectivity index is 2.99. The van der Waals surface area contributed by atoms with Crippen LogP contribution in [-0.4, -0.2) is 52.2 Å².